The summed E-state index contributed by atoms with van der Waals surface area (Å²) in [5.74, 6) is -0.219. The van der Waals surface area contributed by atoms with Crippen molar-refractivity contribution in [2.24, 2.45) is 0 Å². The number of benzene rings is 1. The lowest BCUT2D eigenvalue weighted by Crippen LogP contribution is -2.47. The molecule has 0 aliphatic heterocycles. The van der Waals surface area contributed by atoms with Crippen molar-refractivity contribution in [3.05, 3.63) is 36.1 Å². The molecule has 4 heteroatoms. The fourth-order valence-corrected chi connectivity index (χ4v) is 3.04. The molecule has 1 aliphatic rings. The second-order valence-electron chi connectivity index (χ2n) is 5.71. The normalized spacial score (nSPS) is 17.9. The Morgan fingerprint density at radius 2 is 1.90 bits per heavy atom. The Labute approximate surface area is 123 Å². The summed E-state index contributed by atoms with van der Waals surface area (Å²) in [5, 5.41) is 13.3. The van der Waals surface area contributed by atoms with Gasteiger partial charge < -0.3 is 9.73 Å². The highest BCUT2D eigenvalue weighted by atomic mass is 16.3. The van der Waals surface area contributed by atoms with E-state index >= 15 is 0 Å². The Bertz CT molecular complexity index is 688. The molecule has 0 radical (unpaired) electrons. The quantitative estimate of drug-likeness (QED) is 0.852. The van der Waals surface area contributed by atoms with E-state index in [1.807, 2.05) is 24.3 Å². The number of nitriles is 1. The van der Waals surface area contributed by atoms with Crippen LogP contribution >= 0.6 is 0 Å². The lowest BCUT2D eigenvalue weighted by atomic mass is 9.91. The fraction of sp³-hybridized carbons (Fsp3) is 0.412. The third kappa shape index (κ3) is 2.64. The number of rotatable bonds is 2. The van der Waals surface area contributed by atoms with E-state index in [2.05, 4.69) is 11.4 Å². The van der Waals surface area contributed by atoms with Crippen LogP contribution in [0.4, 0.5) is 0 Å². The maximum absolute atomic E-state index is 12.5. The number of furan rings is 1. The average Bonchev–Trinajstić information content (AvgIpc) is 2.81. The van der Waals surface area contributed by atoms with Crippen molar-refractivity contribution in [2.75, 3.05) is 0 Å². The number of amides is 1. The molecule has 21 heavy (non-hydrogen) atoms. The van der Waals surface area contributed by atoms with Crippen molar-refractivity contribution in [2.45, 2.75) is 44.1 Å². The van der Waals surface area contributed by atoms with Gasteiger partial charge in [0.2, 0.25) is 0 Å². The highest BCUT2D eigenvalue weighted by molar-refractivity contribution is 6.06. The summed E-state index contributed by atoms with van der Waals surface area (Å²) in [6.07, 6.45) is 7.17. The molecule has 0 unspecified atom stereocenters. The molecule has 1 N–H and O–H groups in total. The smallest absolute Gasteiger partial charge is 0.256 e. The molecule has 2 aromatic rings. The summed E-state index contributed by atoms with van der Waals surface area (Å²) in [6, 6.07) is 9.77. The second kappa shape index (κ2) is 5.61. The van der Waals surface area contributed by atoms with Crippen LogP contribution in [0.1, 0.15) is 48.9 Å². The van der Waals surface area contributed by atoms with Gasteiger partial charge in [0.1, 0.15) is 17.4 Å². The van der Waals surface area contributed by atoms with E-state index < -0.39 is 5.54 Å². The first kappa shape index (κ1) is 13.7. The molecule has 0 saturated heterocycles. The van der Waals surface area contributed by atoms with Crippen LogP contribution in [0.15, 0.2) is 34.9 Å². The zero-order valence-corrected chi connectivity index (χ0v) is 11.9. The summed E-state index contributed by atoms with van der Waals surface area (Å²) in [5.41, 5.74) is 0.463. The van der Waals surface area contributed by atoms with Crippen molar-refractivity contribution < 1.29 is 9.21 Å². The predicted molar refractivity (Wildman–Crippen MR) is 79.7 cm³/mol. The van der Waals surface area contributed by atoms with Crippen molar-refractivity contribution in [3.63, 3.8) is 0 Å². The maximum atomic E-state index is 12.5. The van der Waals surface area contributed by atoms with Gasteiger partial charge in [0.05, 0.1) is 11.6 Å². The highest BCUT2D eigenvalue weighted by Crippen LogP contribution is 2.28. The molecule has 4 nitrogen and oxygen atoms in total. The van der Waals surface area contributed by atoms with Crippen LogP contribution in [0.2, 0.25) is 0 Å². The molecule has 1 aromatic carbocycles. The lowest BCUT2D eigenvalue weighted by molar-refractivity contribution is 0.0913. The molecule has 0 spiro atoms. The van der Waals surface area contributed by atoms with E-state index in [0.29, 0.717) is 11.1 Å². The molecule has 1 amide bonds. The number of fused-ring (bicyclic) bond motifs is 1. The van der Waals surface area contributed by atoms with Gasteiger partial charge in [0, 0.05) is 5.39 Å². The van der Waals surface area contributed by atoms with Crippen LogP contribution in [0.25, 0.3) is 11.0 Å². The Morgan fingerprint density at radius 1 is 1.19 bits per heavy atom. The molecule has 1 aliphatic carbocycles. The summed E-state index contributed by atoms with van der Waals surface area (Å²) < 4.78 is 5.41. The Balaban J connectivity index is 1.86. The molecule has 108 valence electrons. The summed E-state index contributed by atoms with van der Waals surface area (Å²) in [6.45, 7) is 0. The van der Waals surface area contributed by atoms with Gasteiger partial charge >= 0.3 is 0 Å². The second-order valence-corrected chi connectivity index (χ2v) is 5.71. The van der Waals surface area contributed by atoms with Crippen LogP contribution in [0.5, 0.6) is 0 Å². The van der Waals surface area contributed by atoms with Crippen LogP contribution in [0, 0.1) is 11.3 Å². The third-order valence-electron chi connectivity index (χ3n) is 4.25. The van der Waals surface area contributed by atoms with Gasteiger partial charge in [-0.2, -0.15) is 5.26 Å². The van der Waals surface area contributed by atoms with E-state index in [4.69, 9.17) is 4.42 Å². The Morgan fingerprint density at radius 3 is 2.62 bits per heavy atom. The van der Waals surface area contributed by atoms with Gasteiger partial charge in [-0.05, 0) is 18.9 Å². The Kier molecular flexibility index (Phi) is 3.66. The number of carbonyl (C=O) groups excluding carboxylic acids is 1. The molecule has 0 bridgehead atoms. The molecule has 3 rings (SSSR count). The molecular formula is C17H18N2O2. The van der Waals surface area contributed by atoms with Crippen LogP contribution in [-0.4, -0.2) is 11.4 Å². The summed E-state index contributed by atoms with van der Waals surface area (Å²) in [7, 11) is 0. The topological polar surface area (TPSA) is 66.0 Å². The number of hydrogen-bond donors (Lipinski definition) is 1. The first-order valence-electron chi connectivity index (χ1n) is 7.44. The van der Waals surface area contributed by atoms with Crippen molar-refractivity contribution in [1.29, 1.82) is 5.26 Å². The fourth-order valence-electron chi connectivity index (χ4n) is 3.04. The van der Waals surface area contributed by atoms with Gasteiger partial charge in [-0.15, -0.1) is 0 Å². The van der Waals surface area contributed by atoms with E-state index in [1.54, 1.807) is 0 Å². The molecular weight excluding hydrogens is 264 g/mol. The van der Waals surface area contributed by atoms with Gasteiger partial charge in [-0.1, -0.05) is 43.9 Å². The molecule has 0 atom stereocenters. The van der Waals surface area contributed by atoms with Crippen LogP contribution < -0.4 is 5.32 Å². The minimum atomic E-state index is -0.730. The number of nitrogens with zero attached hydrogens (tertiary/aromatic N) is 1. The third-order valence-corrected chi connectivity index (χ3v) is 4.25. The SMILES string of the molecule is N#CC1(NC(=O)c2coc3ccccc23)CCCCCC1. The van der Waals surface area contributed by atoms with Crippen LogP contribution in [-0.2, 0) is 0 Å². The van der Waals surface area contributed by atoms with Gasteiger partial charge in [-0.3, -0.25) is 4.79 Å². The number of para-hydroxylation sites is 1. The lowest BCUT2D eigenvalue weighted by Gasteiger charge is -2.26. The summed E-state index contributed by atoms with van der Waals surface area (Å²) in [4.78, 5) is 12.5. The number of nitrogens with one attached hydrogen (secondary N) is 1. The first-order chi connectivity index (χ1) is 10.2. The molecule has 1 saturated carbocycles. The van der Waals surface area contributed by atoms with E-state index in [0.717, 1.165) is 43.9 Å². The maximum Gasteiger partial charge on any atom is 0.256 e. The average molecular weight is 282 g/mol. The minimum absolute atomic E-state index is 0.219. The number of carbonyl (C=O) groups is 1. The van der Waals surface area contributed by atoms with Crippen molar-refractivity contribution in [3.8, 4) is 6.07 Å². The zero-order valence-electron chi connectivity index (χ0n) is 11.9. The standard InChI is InChI=1S/C17H18N2O2/c18-12-17(9-5-1-2-6-10-17)19-16(20)14-11-21-15-8-4-3-7-13(14)15/h3-4,7-8,11H,1-2,5-6,9-10H2,(H,19,20). The summed E-state index contributed by atoms with van der Waals surface area (Å²) >= 11 is 0. The van der Waals surface area contributed by atoms with E-state index in [1.165, 1.54) is 6.26 Å². The Hall–Kier alpha value is -2.28. The van der Waals surface area contributed by atoms with E-state index in [9.17, 15) is 10.1 Å². The molecule has 1 aromatic heterocycles. The number of hydrogen-bond acceptors (Lipinski definition) is 3. The van der Waals surface area contributed by atoms with Crippen LogP contribution in [0.3, 0.4) is 0 Å². The zero-order chi connectivity index (χ0) is 14.7. The van der Waals surface area contributed by atoms with Crippen molar-refractivity contribution in [1.82, 2.24) is 5.32 Å². The first-order valence-corrected chi connectivity index (χ1v) is 7.44. The predicted octanol–water partition coefficient (Wildman–Crippen LogP) is 3.78. The van der Waals surface area contributed by atoms with Crippen molar-refractivity contribution >= 4 is 16.9 Å². The molecule has 1 heterocycles. The van der Waals surface area contributed by atoms with Gasteiger partial charge in [0.15, 0.2) is 0 Å². The van der Waals surface area contributed by atoms with Gasteiger partial charge in [0.25, 0.3) is 5.91 Å². The molecule has 1 fully saturated rings. The highest BCUT2D eigenvalue weighted by Gasteiger charge is 2.33. The van der Waals surface area contributed by atoms with E-state index in [-0.39, 0.29) is 5.91 Å². The largest absolute Gasteiger partial charge is 0.463 e. The minimum Gasteiger partial charge on any atom is -0.463 e. The monoisotopic (exact) mass is 282 g/mol. The van der Waals surface area contributed by atoms with Gasteiger partial charge in [-0.25, -0.2) is 0 Å².